The van der Waals surface area contributed by atoms with Gasteiger partial charge in [0.05, 0.1) is 5.41 Å². The summed E-state index contributed by atoms with van der Waals surface area (Å²) in [6.45, 7) is 1.54. The predicted octanol–water partition coefficient (Wildman–Crippen LogP) is 3.47. The van der Waals surface area contributed by atoms with Crippen LogP contribution in [0.3, 0.4) is 0 Å². The molecule has 1 aliphatic heterocycles. The number of nitrogens with two attached hydrogens (primary N) is 1. The van der Waals surface area contributed by atoms with E-state index in [9.17, 15) is 4.79 Å². The first kappa shape index (κ1) is 15.3. The van der Waals surface area contributed by atoms with E-state index in [0.29, 0.717) is 18.5 Å². The van der Waals surface area contributed by atoms with Gasteiger partial charge in [0, 0.05) is 19.1 Å². The van der Waals surface area contributed by atoms with Crippen LogP contribution in [0.25, 0.3) is 0 Å². The first-order chi connectivity index (χ1) is 10.3. The van der Waals surface area contributed by atoms with Crippen LogP contribution in [-0.2, 0) is 4.79 Å². The van der Waals surface area contributed by atoms with Crippen LogP contribution in [0.5, 0.6) is 0 Å². The molecule has 2 aliphatic carbocycles. The zero-order valence-corrected chi connectivity index (χ0v) is 13.5. The highest BCUT2D eigenvalue weighted by Crippen LogP contribution is 2.41. The molecular formula is C18H32N2O. The minimum Gasteiger partial charge on any atom is -0.339 e. The molecule has 3 heteroatoms. The van der Waals surface area contributed by atoms with Crippen LogP contribution in [0.1, 0.15) is 77.0 Å². The van der Waals surface area contributed by atoms with Crippen molar-refractivity contribution < 1.29 is 4.79 Å². The van der Waals surface area contributed by atoms with Crippen LogP contribution in [0.4, 0.5) is 0 Å². The van der Waals surface area contributed by atoms with Crippen molar-refractivity contribution in [3.8, 4) is 0 Å². The lowest BCUT2D eigenvalue weighted by Gasteiger charge is -2.42. The number of carbonyl (C=O) groups is 1. The molecule has 1 unspecified atom stereocenters. The monoisotopic (exact) mass is 292 g/mol. The largest absolute Gasteiger partial charge is 0.339 e. The fourth-order valence-corrected chi connectivity index (χ4v) is 5.09. The quantitative estimate of drug-likeness (QED) is 0.866. The molecule has 1 heterocycles. The maximum absolute atomic E-state index is 13.3. The molecule has 2 N–H and O–H groups in total. The maximum Gasteiger partial charge on any atom is 0.230 e. The molecule has 0 aromatic rings. The summed E-state index contributed by atoms with van der Waals surface area (Å²) in [4.78, 5) is 15.5. The summed E-state index contributed by atoms with van der Waals surface area (Å²) in [5.74, 6) is 1.18. The maximum atomic E-state index is 13.3. The lowest BCUT2D eigenvalue weighted by molar-refractivity contribution is -0.145. The second-order valence-corrected chi connectivity index (χ2v) is 7.65. The van der Waals surface area contributed by atoms with E-state index in [2.05, 4.69) is 4.90 Å². The Kier molecular flexibility index (Phi) is 4.88. The predicted molar refractivity (Wildman–Crippen MR) is 85.9 cm³/mol. The van der Waals surface area contributed by atoms with Gasteiger partial charge < -0.3 is 10.6 Å². The molecule has 3 rings (SSSR count). The lowest BCUT2D eigenvalue weighted by Crippen LogP contribution is -2.52. The van der Waals surface area contributed by atoms with Crippen LogP contribution in [0.2, 0.25) is 0 Å². The lowest BCUT2D eigenvalue weighted by atomic mass is 9.72. The van der Waals surface area contributed by atoms with Crippen LogP contribution in [-0.4, -0.2) is 29.9 Å². The molecule has 0 aromatic carbocycles. The number of carbonyl (C=O) groups excluding carboxylic acids is 1. The normalized spacial score (nSPS) is 30.5. The van der Waals surface area contributed by atoms with E-state index in [1.807, 2.05) is 0 Å². The van der Waals surface area contributed by atoms with E-state index in [1.54, 1.807) is 0 Å². The van der Waals surface area contributed by atoms with Gasteiger partial charge in [0.2, 0.25) is 5.91 Å². The second-order valence-electron chi connectivity index (χ2n) is 7.65. The molecule has 3 aliphatic rings. The Morgan fingerprint density at radius 2 is 1.62 bits per heavy atom. The summed E-state index contributed by atoms with van der Waals surface area (Å²) in [6, 6.07) is 0.531. The van der Waals surface area contributed by atoms with Gasteiger partial charge in [0.15, 0.2) is 0 Å². The molecular weight excluding hydrogens is 260 g/mol. The zero-order valence-electron chi connectivity index (χ0n) is 13.5. The van der Waals surface area contributed by atoms with Crippen molar-refractivity contribution in [2.24, 2.45) is 17.1 Å². The first-order valence-electron chi connectivity index (χ1n) is 9.28. The Balaban J connectivity index is 1.72. The van der Waals surface area contributed by atoms with Crippen LogP contribution >= 0.6 is 0 Å². The van der Waals surface area contributed by atoms with Gasteiger partial charge in [-0.15, -0.1) is 0 Å². The molecule has 0 radical (unpaired) electrons. The molecule has 0 bridgehead atoms. The van der Waals surface area contributed by atoms with E-state index in [0.717, 1.165) is 25.3 Å². The van der Waals surface area contributed by atoms with Gasteiger partial charge in [-0.05, 0) is 44.4 Å². The fourth-order valence-electron chi connectivity index (χ4n) is 5.09. The van der Waals surface area contributed by atoms with Crippen LogP contribution in [0, 0.1) is 11.3 Å². The fraction of sp³-hybridized carbons (Fsp3) is 0.944. The van der Waals surface area contributed by atoms with Gasteiger partial charge in [0.1, 0.15) is 0 Å². The van der Waals surface area contributed by atoms with E-state index in [1.165, 1.54) is 64.2 Å². The molecule has 0 spiro atoms. The van der Waals surface area contributed by atoms with Crippen molar-refractivity contribution in [2.45, 2.75) is 83.1 Å². The minimum absolute atomic E-state index is 0.213. The molecule has 1 atom stereocenters. The van der Waals surface area contributed by atoms with Crippen molar-refractivity contribution in [3.05, 3.63) is 0 Å². The summed E-state index contributed by atoms with van der Waals surface area (Å²) in [5, 5.41) is 0. The van der Waals surface area contributed by atoms with Gasteiger partial charge >= 0.3 is 0 Å². The molecule has 1 amide bonds. The van der Waals surface area contributed by atoms with Gasteiger partial charge in [-0.1, -0.05) is 38.5 Å². The Labute approximate surface area is 129 Å². The highest BCUT2D eigenvalue weighted by atomic mass is 16.2. The highest BCUT2D eigenvalue weighted by Gasteiger charge is 2.45. The molecule has 0 aromatic heterocycles. The van der Waals surface area contributed by atoms with Crippen molar-refractivity contribution in [1.82, 2.24) is 4.90 Å². The molecule has 120 valence electrons. The standard InChI is InChI=1S/C18H32N2O/c19-14-18(11-5-2-6-12-18)17(21)20-13-7-10-16(20)15-8-3-1-4-9-15/h15-16H,1-14,19H2. The van der Waals surface area contributed by atoms with E-state index in [4.69, 9.17) is 5.73 Å². The molecule has 2 saturated carbocycles. The summed E-state index contributed by atoms with van der Waals surface area (Å²) in [5.41, 5.74) is 5.87. The molecule has 1 saturated heterocycles. The number of likely N-dealkylation sites (tertiary alicyclic amines) is 1. The summed E-state index contributed by atoms with van der Waals surface area (Å²) < 4.78 is 0. The van der Waals surface area contributed by atoms with Crippen LogP contribution in [0.15, 0.2) is 0 Å². The zero-order chi connectivity index (χ0) is 14.7. The van der Waals surface area contributed by atoms with Gasteiger partial charge in [-0.3, -0.25) is 4.79 Å². The number of nitrogens with zero attached hydrogens (tertiary/aromatic N) is 1. The van der Waals surface area contributed by atoms with E-state index >= 15 is 0 Å². The third kappa shape index (κ3) is 2.99. The van der Waals surface area contributed by atoms with Crippen molar-refractivity contribution >= 4 is 5.91 Å². The molecule has 3 nitrogen and oxygen atoms in total. The number of hydrogen-bond acceptors (Lipinski definition) is 2. The van der Waals surface area contributed by atoms with E-state index < -0.39 is 0 Å². The first-order valence-corrected chi connectivity index (χ1v) is 9.28. The van der Waals surface area contributed by atoms with Crippen molar-refractivity contribution in [2.75, 3.05) is 13.1 Å². The number of hydrogen-bond donors (Lipinski definition) is 1. The highest BCUT2D eigenvalue weighted by molar-refractivity contribution is 5.83. The number of rotatable bonds is 3. The Morgan fingerprint density at radius 3 is 2.29 bits per heavy atom. The third-order valence-corrected chi connectivity index (χ3v) is 6.41. The second kappa shape index (κ2) is 6.68. The van der Waals surface area contributed by atoms with Gasteiger partial charge in [-0.25, -0.2) is 0 Å². The smallest absolute Gasteiger partial charge is 0.230 e. The SMILES string of the molecule is NCC1(C(=O)N2CCCC2C2CCCCC2)CCCCC1. The number of amides is 1. The minimum atomic E-state index is -0.213. The summed E-state index contributed by atoms with van der Waals surface area (Å²) >= 11 is 0. The Hall–Kier alpha value is -0.570. The third-order valence-electron chi connectivity index (χ3n) is 6.41. The summed E-state index contributed by atoms with van der Waals surface area (Å²) in [7, 11) is 0. The average Bonchev–Trinajstić information content (AvgIpc) is 3.05. The van der Waals surface area contributed by atoms with Crippen molar-refractivity contribution in [1.29, 1.82) is 0 Å². The van der Waals surface area contributed by atoms with Gasteiger partial charge in [-0.2, -0.15) is 0 Å². The molecule has 21 heavy (non-hydrogen) atoms. The molecule has 3 fully saturated rings. The Morgan fingerprint density at radius 1 is 0.952 bits per heavy atom. The Bertz CT molecular complexity index is 356. The van der Waals surface area contributed by atoms with Gasteiger partial charge in [0.25, 0.3) is 0 Å². The van der Waals surface area contributed by atoms with Crippen LogP contribution < -0.4 is 5.73 Å². The van der Waals surface area contributed by atoms with Crippen molar-refractivity contribution in [3.63, 3.8) is 0 Å². The average molecular weight is 292 g/mol. The topological polar surface area (TPSA) is 46.3 Å². The van der Waals surface area contributed by atoms with E-state index in [-0.39, 0.29) is 5.41 Å². The summed E-state index contributed by atoms with van der Waals surface area (Å²) in [6.07, 6.45) is 14.9.